The number of anilines is 1. The molecule has 0 bridgehead atoms. The van der Waals surface area contributed by atoms with Gasteiger partial charge < -0.3 is 15.0 Å². The summed E-state index contributed by atoms with van der Waals surface area (Å²) < 4.78 is 7.29. The highest BCUT2D eigenvalue weighted by Gasteiger charge is 2.28. The van der Waals surface area contributed by atoms with E-state index in [4.69, 9.17) is 4.74 Å². The number of rotatable bonds is 3. The van der Waals surface area contributed by atoms with Gasteiger partial charge in [0.25, 0.3) is 11.5 Å². The minimum Gasteiger partial charge on any atom is -0.480 e. The number of hydrogen-bond acceptors (Lipinski definition) is 5. The van der Waals surface area contributed by atoms with E-state index in [1.54, 1.807) is 28.9 Å². The van der Waals surface area contributed by atoms with E-state index >= 15 is 0 Å². The molecule has 0 spiro atoms. The van der Waals surface area contributed by atoms with Crippen LogP contribution in [0, 0.1) is 0 Å². The first-order valence-electron chi connectivity index (χ1n) is 8.76. The third-order valence-electron chi connectivity index (χ3n) is 4.69. The van der Waals surface area contributed by atoms with Crippen LogP contribution in [0.25, 0.3) is 16.7 Å². The Bertz CT molecular complexity index is 1220. The standard InChI is InChI=1S/C20H15N5O3/c26-19-15-10-23-25(18(15)21-11-22-19)14-7-5-13(6-8-14)24-20(27)17-9-12-3-1-2-4-16(12)28-17/h1-8,10-11,17H,9H2,(H,24,27)(H,21,22,26). The predicted molar refractivity (Wildman–Crippen MR) is 103 cm³/mol. The van der Waals surface area contributed by atoms with Crippen LogP contribution >= 0.6 is 0 Å². The Labute approximate surface area is 158 Å². The molecule has 2 N–H and O–H groups in total. The summed E-state index contributed by atoms with van der Waals surface area (Å²) in [5.74, 6) is 0.563. The average Bonchev–Trinajstić information content (AvgIpc) is 3.34. The molecule has 2 aromatic carbocycles. The quantitative estimate of drug-likeness (QED) is 0.572. The maximum Gasteiger partial charge on any atom is 0.265 e. The molecule has 1 atom stereocenters. The van der Waals surface area contributed by atoms with E-state index in [2.05, 4.69) is 20.4 Å². The molecule has 0 fully saturated rings. The first-order valence-corrected chi connectivity index (χ1v) is 8.76. The van der Waals surface area contributed by atoms with Crippen LogP contribution in [0.15, 0.2) is 65.8 Å². The van der Waals surface area contributed by atoms with Gasteiger partial charge in [-0.15, -0.1) is 0 Å². The predicted octanol–water partition coefficient (Wildman–Crippen LogP) is 2.05. The fourth-order valence-electron chi connectivity index (χ4n) is 3.28. The third kappa shape index (κ3) is 2.71. The summed E-state index contributed by atoms with van der Waals surface area (Å²) in [7, 11) is 0. The molecule has 4 aromatic rings. The number of nitrogens with zero attached hydrogens (tertiary/aromatic N) is 3. The van der Waals surface area contributed by atoms with E-state index in [0.29, 0.717) is 23.1 Å². The number of amides is 1. The van der Waals surface area contributed by atoms with Gasteiger partial charge in [0, 0.05) is 12.1 Å². The number of ether oxygens (including phenoxy) is 1. The molecular formula is C20H15N5O3. The second-order valence-corrected chi connectivity index (χ2v) is 6.48. The number of benzene rings is 2. The first-order chi connectivity index (χ1) is 13.7. The van der Waals surface area contributed by atoms with Crippen molar-refractivity contribution in [3.63, 3.8) is 0 Å². The SMILES string of the molecule is O=C(Nc1ccc(-n2ncc3c(=O)[nH]cnc32)cc1)C1Cc2ccccc2O1. The number of para-hydroxylation sites is 1. The van der Waals surface area contributed by atoms with Crippen molar-refractivity contribution in [2.75, 3.05) is 5.32 Å². The zero-order valence-electron chi connectivity index (χ0n) is 14.6. The summed E-state index contributed by atoms with van der Waals surface area (Å²) in [6, 6.07) is 14.8. The van der Waals surface area contributed by atoms with Crippen molar-refractivity contribution >= 4 is 22.6 Å². The summed E-state index contributed by atoms with van der Waals surface area (Å²) >= 11 is 0. The number of aromatic nitrogens is 4. The second-order valence-electron chi connectivity index (χ2n) is 6.48. The van der Waals surface area contributed by atoms with Gasteiger partial charge in [-0.2, -0.15) is 5.10 Å². The van der Waals surface area contributed by atoms with Crippen LogP contribution in [-0.2, 0) is 11.2 Å². The lowest BCUT2D eigenvalue weighted by molar-refractivity contribution is -0.122. The fraction of sp³-hybridized carbons (Fsp3) is 0.100. The van der Waals surface area contributed by atoms with Crippen molar-refractivity contribution in [2.45, 2.75) is 12.5 Å². The van der Waals surface area contributed by atoms with E-state index in [-0.39, 0.29) is 11.5 Å². The first kappa shape index (κ1) is 16.2. The van der Waals surface area contributed by atoms with E-state index in [1.807, 2.05) is 24.3 Å². The number of fused-ring (bicyclic) bond motifs is 2. The minimum atomic E-state index is -0.539. The van der Waals surface area contributed by atoms with Gasteiger partial charge in [-0.1, -0.05) is 18.2 Å². The molecular weight excluding hydrogens is 358 g/mol. The summed E-state index contributed by atoms with van der Waals surface area (Å²) in [5, 5.41) is 7.52. The number of carbonyl (C=O) groups is 1. The van der Waals surface area contributed by atoms with Crippen molar-refractivity contribution in [1.29, 1.82) is 0 Å². The molecule has 1 unspecified atom stereocenters. The van der Waals surface area contributed by atoms with Crippen molar-refractivity contribution in [3.05, 3.63) is 77.0 Å². The molecule has 0 radical (unpaired) electrons. The van der Waals surface area contributed by atoms with Gasteiger partial charge in [0.1, 0.15) is 11.1 Å². The zero-order valence-corrected chi connectivity index (χ0v) is 14.6. The van der Waals surface area contributed by atoms with Gasteiger partial charge in [-0.05, 0) is 35.9 Å². The Morgan fingerprint density at radius 2 is 2.00 bits per heavy atom. The van der Waals surface area contributed by atoms with Gasteiger partial charge in [0.2, 0.25) is 0 Å². The molecule has 1 amide bonds. The summed E-state index contributed by atoms with van der Waals surface area (Å²) in [4.78, 5) is 31.0. The molecule has 2 aromatic heterocycles. The highest BCUT2D eigenvalue weighted by Crippen LogP contribution is 2.28. The monoisotopic (exact) mass is 373 g/mol. The summed E-state index contributed by atoms with van der Waals surface area (Å²) in [5.41, 5.74) is 2.65. The largest absolute Gasteiger partial charge is 0.480 e. The van der Waals surface area contributed by atoms with Crippen LogP contribution in [-0.4, -0.2) is 31.8 Å². The second kappa shape index (κ2) is 6.34. The molecule has 8 heteroatoms. The Balaban J connectivity index is 1.34. The van der Waals surface area contributed by atoms with Gasteiger partial charge in [0.15, 0.2) is 11.8 Å². The van der Waals surface area contributed by atoms with Crippen LogP contribution in [0.3, 0.4) is 0 Å². The van der Waals surface area contributed by atoms with Crippen molar-refractivity contribution < 1.29 is 9.53 Å². The zero-order chi connectivity index (χ0) is 19.1. The van der Waals surface area contributed by atoms with Gasteiger partial charge in [-0.3, -0.25) is 9.59 Å². The van der Waals surface area contributed by atoms with E-state index in [0.717, 1.165) is 17.0 Å². The molecule has 0 saturated carbocycles. The third-order valence-corrected chi connectivity index (χ3v) is 4.69. The average molecular weight is 373 g/mol. The molecule has 1 aliphatic heterocycles. The molecule has 5 rings (SSSR count). The number of aromatic amines is 1. The highest BCUT2D eigenvalue weighted by molar-refractivity contribution is 5.95. The molecule has 8 nitrogen and oxygen atoms in total. The van der Waals surface area contributed by atoms with Crippen molar-refractivity contribution in [3.8, 4) is 11.4 Å². The van der Waals surface area contributed by atoms with Crippen LogP contribution in [0.5, 0.6) is 5.75 Å². The summed E-state index contributed by atoms with van der Waals surface area (Å²) in [6.07, 6.45) is 2.84. The molecule has 3 heterocycles. The Morgan fingerprint density at radius 1 is 1.18 bits per heavy atom. The van der Waals surface area contributed by atoms with E-state index in [1.165, 1.54) is 12.5 Å². The fourth-order valence-corrected chi connectivity index (χ4v) is 3.28. The topological polar surface area (TPSA) is 102 Å². The van der Waals surface area contributed by atoms with Crippen LogP contribution in [0.4, 0.5) is 5.69 Å². The van der Waals surface area contributed by atoms with Crippen molar-refractivity contribution in [2.24, 2.45) is 0 Å². The molecule has 28 heavy (non-hydrogen) atoms. The van der Waals surface area contributed by atoms with E-state index < -0.39 is 6.10 Å². The lowest BCUT2D eigenvalue weighted by atomic mass is 10.1. The Hall–Kier alpha value is -3.94. The molecule has 0 aliphatic carbocycles. The summed E-state index contributed by atoms with van der Waals surface area (Å²) in [6.45, 7) is 0. The van der Waals surface area contributed by atoms with E-state index in [9.17, 15) is 9.59 Å². The smallest absolute Gasteiger partial charge is 0.265 e. The van der Waals surface area contributed by atoms with Gasteiger partial charge in [0.05, 0.1) is 18.2 Å². The number of carbonyl (C=O) groups excluding carboxylic acids is 1. The van der Waals surface area contributed by atoms with Crippen molar-refractivity contribution in [1.82, 2.24) is 19.7 Å². The van der Waals surface area contributed by atoms with Crippen LogP contribution in [0.2, 0.25) is 0 Å². The molecule has 0 saturated heterocycles. The lowest BCUT2D eigenvalue weighted by Gasteiger charge is -2.12. The number of hydrogen-bond donors (Lipinski definition) is 2. The Morgan fingerprint density at radius 3 is 2.82 bits per heavy atom. The van der Waals surface area contributed by atoms with Crippen LogP contribution in [0.1, 0.15) is 5.56 Å². The van der Waals surface area contributed by atoms with Gasteiger partial charge in [-0.25, -0.2) is 9.67 Å². The molecule has 1 aliphatic rings. The van der Waals surface area contributed by atoms with Gasteiger partial charge >= 0.3 is 0 Å². The normalized spacial score (nSPS) is 15.2. The lowest BCUT2D eigenvalue weighted by Crippen LogP contribution is -2.31. The highest BCUT2D eigenvalue weighted by atomic mass is 16.5. The maximum absolute atomic E-state index is 12.5. The minimum absolute atomic E-state index is 0.193. The molecule has 138 valence electrons. The number of H-pyrrole nitrogens is 1. The maximum atomic E-state index is 12.5. The van der Waals surface area contributed by atoms with Crippen LogP contribution < -0.4 is 15.6 Å². The number of nitrogens with one attached hydrogen (secondary N) is 2. The Kier molecular flexibility index (Phi) is 3.68.